The summed E-state index contributed by atoms with van der Waals surface area (Å²) in [5, 5.41) is 17.0. The minimum absolute atomic E-state index is 0.106. The maximum absolute atomic E-state index is 12.4. The molecule has 1 aromatic carbocycles. The predicted octanol–water partition coefficient (Wildman–Crippen LogP) is 2.56. The summed E-state index contributed by atoms with van der Waals surface area (Å²) in [7, 11) is 0. The summed E-state index contributed by atoms with van der Waals surface area (Å²) in [5.41, 5.74) is 0.525. The molecule has 0 saturated carbocycles. The van der Waals surface area contributed by atoms with Crippen LogP contribution in [0.5, 0.6) is 0 Å². The van der Waals surface area contributed by atoms with E-state index in [9.17, 15) is 14.4 Å². The van der Waals surface area contributed by atoms with Gasteiger partial charge in [-0.05, 0) is 13.3 Å². The summed E-state index contributed by atoms with van der Waals surface area (Å²) in [4.78, 5) is 33.9. The largest absolute Gasteiger partial charge is 0.481 e. The third kappa shape index (κ3) is 5.99. The van der Waals surface area contributed by atoms with Gasteiger partial charge in [-0.25, -0.2) is 0 Å². The molecule has 2 N–H and O–H groups in total. The van der Waals surface area contributed by atoms with Crippen LogP contribution in [0.4, 0.5) is 0 Å². The molecule has 0 amide bonds. The van der Waals surface area contributed by atoms with Gasteiger partial charge in [0.1, 0.15) is 0 Å². The molecule has 6 heteroatoms. The Balaban J connectivity index is 2.74. The molecule has 0 saturated heterocycles. The van der Waals surface area contributed by atoms with Gasteiger partial charge in [-0.3, -0.25) is 14.4 Å². The number of carboxylic acids is 2. The molecular formula is C15H18O5S. The minimum Gasteiger partial charge on any atom is -0.481 e. The molecule has 0 fully saturated rings. The first-order valence-corrected chi connectivity index (χ1v) is 7.62. The Bertz CT molecular complexity index is 500. The summed E-state index contributed by atoms with van der Waals surface area (Å²) >= 11 is 1.15. The topological polar surface area (TPSA) is 91.7 Å². The molecule has 0 aliphatic rings. The van der Waals surface area contributed by atoms with Crippen LogP contribution in [-0.4, -0.2) is 38.9 Å². The second-order valence-corrected chi connectivity index (χ2v) is 6.05. The lowest BCUT2D eigenvalue weighted by Gasteiger charge is -2.16. The molecule has 0 aliphatic heterocycles. The molecule has 0 heterocycles. The van der Waals surface area contributed by atoms with Crippen molar-refractivity contribution in [2.24, 2.45) is 5.92 Å². The van der Waals surface area contributed by atoms with Crippen molar-refractivity contribution in [2.75, 3.05) is 5.75 Å². The first kappa shape index (κ1) is 17.2. The number of aliphatic carboxylic acids is 2. The maximum atomic E-state index is 12.4. The van der Waals surface area contributed by atoms with E-state index in [4.69, 9.17) is 10.2 Å². The van der Waals surface area contributed by atoms with Crippen molar-refractivity contribution in [3.63, 3.8) is 0 Å². The fourth-order valence-corrected chi connectivity index (χ4v) is 2.74. The van der Waals surface area contributed by atoms with Crippen molar-refractivity contribution in [1.82, 2.24) is 0 Å². The number of hydrogen-bond donors (Lipinski definition) is 2. The lowest BCUT2D eigenvalue weighted by molar-refractivity contribution is -0.137. The standard InChI is InChI=1S/C15H18O5S/c1-10(15(19)20)21-9-12(7-8-13(16)17)14(18)11-5-3-2-4-6-11/h2-6,10,12H,7-9H2,1H3,(H,16,17)(H,19,20). The normalized spacial score (nSPS) is 13.4. The molecule has 0 spiro atoms. The molecule has 0 radical (unpaired) electrons. The zero-order chi connectivity index (χ0) is 15.8. The highest BCUT2D eigenvalue weighted by atomic mass is 32.2. The van der Waals surface area contributed by atoms with Crippen LogP contribution >= 0.6 is 11.8 Å². The van der Waals surface area contributed by atoms with E-state index in [1.807, 2.05) is 0 Å². The summed E-state index contributed by atoms with van der Waals surface area (Å²) in [6, 6.07) is 8.65. The van der Waals surface area contributed by atoms with Crippen LogP contribution in [0.15, 0.2) is 30.3 Å². The third-order valence-corrected chi connectivity index (χ3v) is 4.33. The van der Waals surface area contributed by atoms with Crippen LogP contribution < -0.4 is 0 Å². The highest BCUT2D eigenvalue weighted by Gasteiger charge is 2.23. The van der Waals surface area contributed by atoms with E-state index < -0.39 is 23.1 Å². The summed E-state index contributed by atoms with van der Waals surface area (Å²) in [6.07, 6.45) is 0.105. The van der Waals surface area contributed by atoms with Gasteiger partial charge in [0.25, 0.3) is 0 Å². The van der Waals surface area contributed by atoms with Crippen molar-refractivity contribution in [2.45, 2.75) is 25.0 Å². The van der Waals surface area contributed by atoms with Crippen molar-refractivity contribution < 1.29 is 24.6 Å². The molecule has 1 rings (SSSR count). The van der Waals surface area contributed by atoms with E-state index in [-0.39, 0.29) is 18.6 Å². The number of thioether (sulfide) groups is 1. The molecular weight excluding hydrogens is 292 g/mol. The number of hydrogen-bond acceptors (Lipinski definition) is 4. The molecule has 21 heavy (non-hydrogen) atoms. The zero-order valence-corrected chi connectivity index (χ0v) is 12.5. The SMILES string of the molecule is CC(SCC(CCC(=O)O)C(=O)c1ccccc1)C(=O)O. The number of carbonyl (C=O) groups excluding carboxylic acids is 1. The van der Waals surface area contributed by atoms with Crippen LogP contribution in [0.1, 0.15) is 30.1 Å². The lowest BCUT2D eigenvalue weighted by atomic mass is 9.95. The van der Waals surface area contributed by atoms with Crippen LogP contribution in [0.3, 0.4) is 0 Å². The predicted molar refractivity (Wildman–Crippen MR) is 80.7 cm³/mol. The molecule has 1 aromatic rings. The number of benzene rings is 1. The van der Waals surface area contributed by atoms with Gasteiger partial charge in [-0.1, -0.05) is 30.3 Å². The first-order chi connectivity index (χ1) is 9.91. The van der Waals surface area contributed by atoms with Gasteiger partial charge in [-0.2, -0.15) is 0 Å². The third-order valence-electron chi connectivity index (χ3n) is 3.03. The zero-order valence-electron chi connectivity index (χ0n) is 11.7. The number of rotatable bonds is 9. The summed E-state index contributed by atoms with van der Waals surface area (Å²) in [5.74, 6) is -2.23. The summed E-state index contributed by atoms with van der Waals surface area (Å²) < 4.78 is 0. The molecule has 0 bridgehead atoms. The van der Waals surface area contributed by atoms with E-state index in [1.165, 1.54) is 0 Å². The maximum Gasteiger partial charge on any atom is 0.316 e. The van der Waals surface area contributed by atoms with Crippen LogP contribution in [-0.2, 0) is 9.59 Å². The van der Waals surface area contributed by atoms with E-state index >= 15 is 0 Å². The fourth-order valence-electron chi connectivity index (χ4n) is 1.76. The highest BCUT2D eigenvalue weighted by Crippen LogP contribution is 2.22. The van der Waals surface area contributed by atoms with E-state index in [0.29, 0.717) is 11.3 Å². The average Bonchev–Trinajstić information content (AvgIpc) is 2.46. The van der Waals surface area contributed by atoms with Crippen LogP contribution in [0.2, 0.25) is 0 Å². The highest BCUT2D eigenvalue weighted by molar-refractivity contribution is 8.00. The van der Waals surface area contributed by atoms with Gasteiger partial charge >= 0.3 is 11.9 Å². The van der Waals surface area contributed by atoms with Crippen LogP contribution in [0.25, 0.3) is 0 Å². The number of Topliss-reactive ketones (excluding diaryl/α,β-unsaturated/α-hetero) is 1. The molecule has 114 valence electrons. The Morgan fingerprint density at radius 2 is 1.76 bits per heavy atom. The van der Waals surface area contributed by atoms with Gasteiger partial charge in [0.15, 0.2) is 5.78 Å². The molecule has 2 unspecified atom stereocenters. The van der Waals surface area contributed by atoms with Crippen molar-refractivity contribution in [3.8, 4) is 0 Å². The van der Waals surface area contributed by atoms with E-state index in [2.05, 4.69) is 0 Å². The van der Waals surface area contributed by atoms with Crippen molar-refractivity contribution in [3.05, 3.63) is 35.9 Å². The Hall–Kier alpha value is -1.82. The molecule has 2 atom stereocenters. The first-order valence-electron chi connectivity index (χ1n) is 6.57. The minimum atomic E-state index is -0.961. The van der Waals surface area contributed by atoms with Crippen molar-refractivity contribution in [1.29, 1.82) is 0 Å². The Morgan fingerprint density at radius 3 is 2.29 bits per heavy atom. The van der Waals surface area contributed by atoms with Gasteiger partial charge in [0.2, 0.25) is 0 Å². The quantitative estimate of drug-likeness (QED) is 0.681. The number of ketones is 1. The van der Waals surface area contributed by atoms with Crippen LogP contribution in [0, 0.1) is 5.92 Å². The molecule has 5 nitrogen and oxygen atoms in total. The second kappa shape index (κ2) is 8.46. The smallest absolute Gasteiger partial charge is 0.316 e. The molecule has 0 aliphatic carbocycles. The Morgan fingerprint density at radius 1 is 1.14 bits per heavy atom. The average molecular weight is 310 g/mol. The van der Waals surface area contributed by atoms with E-state index in [0.717, 1.165) is 11.8 Å². The number of carboxylic acid groups (broad SMARTS) is 2. The second-order valence-electron chi connectivity index (χ2n) is 4.67. The summed E-state index contributed by atoms with van der Waals surface area (Å²) in [6.45, 7) is 1.55. The van der Waals surface area contributed by atoms with Gasteiger partial charge < -0.3 is 10.2 Å². The fraction of sp³-hybridized carbons (Fsp3) is 0.400. The Kier molecular flexibility index (Phi) is 6.94. The Labute approximate surface area is 127 Å². The van der Waals surface area contributed by atoms with E-state index in [1.54, 1.807) is 37.3 Å². The monoisotopic (exact) mass is 310 g/mol. The van der Waals surface area contributed by atoms with Crippen molar-refractivity contribution >= 4 is 29.5 Å². The van der Waals surface area contributed by atoms with Gasteiger partial charge in [0, 0.05) is 23.7 Å². The number of carbonyl (C=O) groups is 3. The van der Waals surface area contributed by atoms with Gasteiger partial charge in [-0.15, -0.1) is 11.8 Å². The van der Waals surface area contributed by atoms with Gasteiger partial charge in [0.05, 0.1) is 5.25 Å². The lowest BCUT2D eigenvalue weighted by Crippen LogP contribution is -2.21. The molecule has 0 aromatic heterocycles.